The molecule has 3 heterocycles. The zero-order chi connectivity index (χ0) is 22.5. The monoisotopic (exact) mass is 455 g/mol. The van der Waals surface area contributed by atoms with Crippen LogP contribution in [0.4, 0.5) is 0 Å². The van der Waals surface area contributed by atoms with Gasteiger partial charge < -0.3 is 15.0 Å². The molecule has 2 aromatic rings. The minimum absolute atomic E-state index is 0.0181. The summed E-state index contributed by atoms with van der Waals surface area (Å²) < 4.78 is 5.29. The van der Waals surface area contributed by atoms with Crippen LogP contribution in [0.25, 0.3) is 0 Å². The Morgan fingerprint density at radius 3 is 2.78 bits per heavy atom. The van der Waals surface area contributed by atoms with Gasteiger partial charge in [-0.05, 0) is 49.4 Å². The normalized spacial score (nSPS) is 23.8. The maximum atomic E-state index is 13.6. The van der Waals surface area contributed by atoms with E-state index in [0.29, 0.717) is 31.3 Å². The third-order valence-electron chi connectivity index (χ3n) is 6.73. The first-order valence-electron chi connectivity index (χ1n) is 11.6. The molecule has 0 saturated carbocycles. The largest absolute Gasteiger partial charge is 0.383 e. The van der Waals surface area contributed by atoms with Crippen LogP contribution in [0.3, 0.4) is 0 Å². The number of ether oxygens (including phenoxy) is 1. The molecule has 6 nitrogen and oxygen atoms in total. The van der Waals surface area contributed by atoms with E-state index in [0.717, 1.165) is 23.5 Å². The summed E-state index contributed by atoms with van der Waals surface area (Å²) >= 11 is 1.59. The summed E-state index contributed by atoms with van der Waals surface area (Å²) in [6.45, 7) is 5.71. The number of hydrogen-bond acceptors (Lipinski definition) is 5. The highest BCUT2D eigenvalue weighted by Gasteiger charge is 2.44. The second-order valence-corrected chi connectivity index (χ2v) is 9.67. The summed E-state index contributed by atoms with van der Waals surface area (Å²) in [4.78, 5) is 32.3. The van der Waals surface area contributed by atoms with Crippen molar-refractivity contribution in [2.45, 2.75) is 44.2 Å². The molecule has 1 N–H and O–H groups in total. The van der Waals surface area contributed by atoms with E-state index in [1.807, 2.05) is 46.7 Å². The predicted molar refractivity (Wildman–Crippen MR) is 127 cm³/mol. The average molecular weight is 456 g/mol. The third kappa shape index (κ3) is 4.75. The first kappa shape index (κ1) is 23.0. The molecule has 4 rings (SSSR count). The topological polar surface area (TPSA) is 61.9 Å². The average Bonchev–Trinajstić information content (AvgIpc) is 3.34. The van der Waals surface area contributed by atoms with Crippen molar-refractivity contribution in [3.8, 4) is 0 Å². The van der Waals surface area contributed by atoms with E-state index in [1.54, 1.807) is 18.4 Å². The van der Waals surface area contributed by atoms with Crippen LogP contribution in [0.5, 0.6) is 0 Å². The zero-order valence-electron chi connectivity index (χ0n) is 19.0. The maximum absolute atomic E-state index is 13.6. The third-order valence-corrected chi connectivity index (χ3v) is 7.67. The Kier molecular flexibility index (Phi) is 7.60. The molecule has 0 bridgehead atoms. The van der Waals surface area contributed by atoms with Crippen LogP contribution in [0.2, 0.25) is 0 Å². The molecular formula is C25H33N3O3S. The first-order chi connectivity index (χ1) is 15.6. The fourth-order valence-corrected chi connectivity index (χ4v) is 5.88. The number of carbonyl (C=O) groups is 2. The molecule has 1 aromatic carbocycles. The van der Waals surface area contributed by atoms with Gasteiger partial charge in [0.25, 0.3) is 5.91 Å². The van der Waals surface area contributed by atoms with Gasteiger partial charge in [-0.25, -0.2) is 0 Å². The van der Waals surface area contributed by atoms with Gasteiger partial charge in [0.05, 0.1) is 18.6 Å². The lowest BCUT2D eigenvalue weighted by atomic mass is 9.81. The van der Waals surface area contributed by atoms with E-state index < -0.39 is 5.92 Å². The molecule has 0 aliphatic carbocycles. The molecule has 2 amide bonds. The van der Waals surface area contributed by atoms with Crippen molar-refractivity contribution in [1.82, 2.24) is 15.1 Å². The second kappa shape index (κ2) is 10.6. The van der Waals surface area contributed by atoms with Crippen molar-refractivity contribution >= 4 is 23.2 Å². The molecule has 7 heteroatoms. The van der Waals surface area contributed by atoms with E-state index in [1.165, 1.54) is 19.3 Å². The summed E-state index contributed by atoms with van der Waals surface area (Å²) in [5.41, 5.74) is 1.43. The van der Waals surface area contributed by atoms with Gasteiger partial charge in [0.1, 0.15) is 0 Å². The number of methoxy groups -OCH3 is 1. The molecule has 1 saturated heterocycles. The van der Waals surface area contributed by atoms with Gasteiger partial charge in [-0.15, -0.1) is 11.3 Å². The summed E-state index contributed by atoms with van der Waals surface area (Å²) in [5, 5.41) is 5.20. The Morgan fingerprint density at radius 2 is 2.03 bits per heavy atom. The van der Waals surface area contributed by atoms with Crippen LogP contribution in [0.1, 0.15) is 58.9 Å². The van der Waals surface area contributed by atoms with E-state index in [9.17, 15) is 9.59 Å². The quantitative estimate of drug-likeness (QED) is 0.660. The fraction of sp³-hybridized carbons (Fsp3) is 0.520. The van der Waals surface area contributed by atoms with Crippen LogP contribution in [-0.4, -0.2) is 67.6 Å². The predicted octanol–water partition coefficient (Wildman–Crippen LogP) is 3.67. The zero-order valence-corrected chi connectivity index (χ0v) is 19.8. The Bertz CT molecular complexity index is 917. The number of fused-ring (bicyclic) bond motifs is 1. The molecule has 0 unspecified atom stereocenters. The first-order valence-corrected chi connectivity index (χ1v) is 12.4. The van der Waals surface area contributed by atoms with Gasteiger partial charge in [-0.2, -0.15) is 0 Å². The van der Waals surface area contributed by atoms with Gasteiger partial charge in [0.2, 0.25) is 5.91 Å². The number of nitrogens with one attached hydrogen (secondary N) is 1. The number of nitrogens with zero attached hydrogens (tertiary/aromatic N) is 2. The minimum atomic E-state index is -0.446. The molecule has 32 heavy (non-hydrogen) atoms. The van der Waals surface area contributed by atoms with Crippen LogP contribution in [0, 0.1) is 0 Å². The van der Waals surface area contributed by atoms with Crippen molar-refractivity contribution in [2.75, 3.05) is 39.9 Å². The summed E-state index contributed by atoms with van der Waals surface area (Å²) in [5.74, 6) is -0.504. The Hall–Kier alpha value is -2.22. The Labute approximate surface area is 194 Å². The standard InChI is InChI=1S/C25H33N3O3S/c1-18-8-5-6-13-27(18)14-12-26-24(29)22-19-9-3-4-10-20(19)25(30)28(15-16-31-2)23(22)21-11-7-17-32-21/h3-4,7,9-11,17-18,22-23H,5-6,8,12-16H2,1-2H3,(H,26,29)/t18-,22-,23+/m0/s1. The van der Waals surface area contributed by atoms with E-state index in [-0.39, 0.29) is 17.9 Å². The summed E-state index contributed by atoms with van der Waals surface area (Å²) in [6, 6.07) is 11.8. The number of rotatable bonds is 8. The highest BCUT2D eigenvalue weighted by atomic mass is 32.1. The number of likely N-dealkylation sites (tertiary alicyclic amines) is 1. The van der Waals surface area contributed by atoms with E-state index in [2.05, 4.69) is 17.1 Å². The molecule has 2 aliphatic heterocycles. The lowest BCUT2D eigenvalue weighted by molar-refractivity contribution is -0.124. The van der Waals surface area contributed by atoms with Gasteiger partial charge in [-0.3, -0.25) is 14.5 Å². The van der Waals surface area contributed by atoms with Crippen LogP contribution >= 0.6 is 11.3 Å². The van der Waals surface area contributed by atoms with Crippen LogP contribution in [0.15, 0.2) is 41.8 Å². The molecule has 3 atom stereocenters. The number of piperidine rings is 1. The minimum Gasteiger partial charge on any atom is -0.383 e. The molecule has 2 aliphatic rings. The Balaban J connectivity index is 1.59. The van der Waals surface area contributed by atoms with Crippen LogP contribution < -0.4 is 5.32 Å². The molecular weight excluding hydrogens is 422 g/mol. The molecule has 0 radical (unpaired) electrons. The van der Waals surface area contributed by atoms with Gasteiger partial charge in [-0.1, -0.05) is 30.7 Å². The molecule has 172 valence electrons. The van der Waals surface area contributed by atoms with Crippen molar-refractivity contribution in [1.29, 1.82) is 0 Å². The van der Waals surface area contributed by atoms with E-state index >= 15 is 0 Å². The van der Waals surface area contributed by atoms with Gasteiger partial charge in [0, 0.05) is 43.2 Å². The number of hydrogen-bond donors (Lipinski definition) is 1. The smallest absolute Gasteiger partial charge is 0.254 e. The number of amides is 2. The highest BCUT2D eigenvalue weighted by molar-refractivity contribution is 7.10. The fourth-order valence-electron chi connectivity index (χ4n) is 5.01. The van der Waals surface area contributed by atoms with Crippen molar-refractivity contribution in [2.24, 2.45) is 0 Å². The van der Waals surface area contributed by atoms with Gasteiger partial charge in [0.15, 0.2) is 0 Å². The number of carbonyl (C=O) groups excluding carboxylic acids is 2. The van der Waals surface area contributed by atoms with Crippen LogP contribution in [-0.2, 0) is 9.53 Å². The van der Waals surface area contributed by atoms with Gasteiger partial charge >= 0.3 is 0 Å². The lowest BCUT2D eigenvalue weighted by Crippen LogP contribution is -2.49. The molecule has 0 spiro atoms. The van der Waals surface area contributed by atoms with Crippen molar-refractivity contribution in [3.63, 3.8) is 0 Å². The van der Waals surface area contributed by atoms with E-state index in [4.69, 9.17) is 4.74 Å². The highest BCUT2D eigenvalue weighted by Crippen LogP contribution is 2.44. The summed E-state index contributed by atoms with van der Waals surface area (Å²) in [6.07, 6.45) is 3.74. The Morgan fingerprint density at radius 1 is 1.19 bits per heavy atom. The van der Waals surface area contributed by atoms with Crippen molar-refractivity contribution in [3.05, 3.63) is 57.8 Å². The lowest BCUT2D eigenvalue weighted by Gasteiger charge is -2.41. The second-order valence-electron chi connectivity index (χ2n) is 8.69. The maximum Gasteiger partial charge on any atom is 0.254 e. The SMILES string of the molecule is COCCN1C(=O)c2ccccc2[C@H](C(=O)NCCN2CCCC[C@@H]2C)[C@H]1c1cccs1. The number of thiophene rings is 1. The molecule has 1 fully saturated rings. The number of benzene rings is 1. The summed E-state index contributed by atoms with van der Waals surface area (Å²) in [7, 11) is 1.63. The molecule has 1 aromatic heterocycles. The van der Waals surface area contributed by atoms with Crippen molar-refractivity contribution < 1.29 is 14.3 Å².